The van der Waals surface area contributed by atoms with Crippen LogP contribution >= 0.6 is 0 Å². The second-order valence-corrected chi connectivity index (χ2v) is 1.89. The molecule has 11 heavy (non-hydrogen) atoms. The molecule has 0 rings (SSSR count). The minimum Gasteiger partial charge on any atom is -0.385 e. The van der Waals surface area contributed by atoms with Crippen molar-refractivity contribution >= 4 is 0 Å². The van der Waals surface area contributed by atoms with E-state index in [0.717, 1.165) is 19.6 Å². The second-order valence-electron chi connectivity index (χ2n) is 1.89. The van der Waals surface area contributed by atoms with Crippen LogP contribution in [-0.2, 0) is 14.2 Å². The molecule has 0 aliphatic carbocycles. The molecule has 0 saturated carbocycles. The first-order chi connectivity index (χ1) is 5.33. The number of ether oxygens (including phenoxy) is 3. The lowest BCUT2D eigenvalue weighted by Gasteiger charge is -1.93. The molecule has 0 fully saturated rings. The van der Waals surface area contributed by atoms with E-state index >= 15 is 0 Å². The number of hydrogen-bond donors (Lipinski definition) is 0. The summed E-state index contributed by atoms with van der Waals surface area (Å²) in [5.41, 5.74) is 0. The van der Waals surface area contributed by atoms with Crippen LogP contribution in [0.25, 0.3) is 0 Å². The maximum Gasteiger partial charge on any atom is 0.146 e. The van der Waals surface area contributed by atoms with Crippen LogP contribution < -0.4 is 0 Å². The Labute approximate surface area is 69.6 Å². The summed E-state index contributed by atoms with van der Waals surface area (Å²) in [6, 6.07) is 0. The van der Waals surface area contributed by atoms with Gasteiger partial charge in [-0.05, 0) is 13.3 Å². The van der Waals surface area contributed by atoms with Gasteiger partial charge in [0.15, 0.2) is 0 Å². The Balaban J connectivity index is 0. The van der Waals surface area contributed by atoms with Gasteiger partial charge in [0.1, 0.15) is 6.79 Å². The molecule has 3 nitrogen and oxygen atoms in total. The van der Waals surface area contributed by atoms with E-state index < -0.39 is 0 Å². The van der Waals surface area contributed by atoms with Gasteiger partial charge in [0, 0.05) is 27.4 Å². The van der Waals surface area contributed by atoms with Crippen molar-refractivity contribution in [1.29, 1.82) is 0 Å². The van der Waals surface area contributed by atoms with Crippen LogP contribution in [-0.4, -0.2) is 34.2 Å². The van der Waals surface area contributed by atoms with E-state index in [9.17, 15) is 0 Å². The molecule has 0 bridgehead atoms. The van der Waals surface area contributed by atoms with E-state index in [-0.39, 0.29) is 0 Å². The number of rotatable bonds is 5. The molecule has 0 unspecified atom stereocenters. The summed E-state index contributed by atoms with van der Waals surface area (Å²) in [5, 5.41) is 0. The molecule has 0 aromatic heterocycles. The minimum absolute atomic E-state index is 0.413. The maximum absolute atomic E-state index is 4.76. The summed E-state index contributed by atoms with van der Waals surface area (Å²) in [6.07, 6.45) is 1.12. The van der Waals surface area contributed by atoms with Crippen molar-refractivity contribution in [3.63, 3.8) is 0 Å². The van der Waals surface area contributed by atoms with Crippen LogP contribution in [0.4, 0.5) is 0 Å². The van der Waals surface area contributed by atoms with E-state index in [1.165, 1.54) is 0 Å². The highest BCUT2D eigenvalue weighted by atomic mass is 16.7. The summed E-state index contributed by atoms with van der Waals surface area (Å²) < 4.78 is 14.0. The van der Waals surface area contributed by atoms with Gasteiger partial charge in [0.25, 0.3) is 0 Å². The molecule has 0 aromatic carbocycles. The van der Waals surface area contributed by atoms with Gasteiger partial charge in [-0.15, -0.1) is 0 Å². The summed E-state index contributed by atoms with van der Waals surface area (Å²) in [6.45, 7) is 6.05. The summed E-state index contributed by atoms with van der Waals surface area (Å²) in [4.78, 5) is 0. The molecular weight excluding hydrogens is 144 g/mol. The van der Waals surface area contributed by atoms with Gasteiger partial charge < -0.3 is 14.2 Å². The fourth-order valence-corrected chi connectivity index (χ4v) is 0.371. The number of methoxy groups -OCH3 is 2. The highest BCUT2D eigenvalue weighted by Gasteiger charge is 1.71. The molecule has 0 saturated heterocycles. The van der Waals surface area contributed by atoms with Crippen molar-refractivity contribution in [2.75, 3.05) is 34.2 Å². The monoisotopic (exact) mass is 164 g/mol. The van der Waals surface area contributed by atoms with Crippen LogP contribution in [0.5, 0.6) is 0 Å². The van der Waals surface area contributed by atoms with Gasteiger partial charge in [0.2, 0.25) is 0 Å². The fraction of sp³-hybridized carbons (Fsp3) is 1.00. The second kappa shape index (κ2) is 16.5. The van der Waals surface area contributed by atoms with Crippen LogP contribution in [0.1, 0.15) is 20.3 Å². The first-order valence-electron chi connectivity index (χ1n) is 3.89. The molecule has 0 aromatic rings. The molecule has 0 N–H and O–H groups in total. The van der Waals surface area contributed by atoms with Gasteiger partial charge in [0.05, 0.1) is 0 Å². The third kappa shape index (κ3) is 25.8. The summed E-state index contributed by atoms with van der Waals surface area (Å²) >= 11 is 0. The van der Waals surface area contributed by atoms with Gasteiger partial charge in [-0.1, -0.05) is 6.92 Å². The highest BCUT2D eigenvalue weighted by Crippen LogP contribution is 1.70. The van der Waals surface area contributed by atoms with Crippen molar-refractivity contribution in [2.45, 2.75) is 20.3 Å². The lowest BCUT2D eigenvalue weighted by Crippen LogP contribution is -1.93. The van der Waals surface area contributed by atoms with Crippen molar-refractivity contribution < 1.29 is 14.2 Å². The fourth-order valence-electron chi connectivity index (χ4n) is 0.371. The number of hydrogen-bond acceptors (Lipinski definition) is 3. The van der Waals surface area contributed by atoms with Crippen molar-refractivity contribution in [3.05, 3.63) is 0 Å². The zero-order valence-corrected chi connectivity index (χ0v) is 8.05. The van der Waals surface area contributed by atoms with Crippen molar-refractivity contribution in [2.24, 2.45) is 0 Å². The molecule has 0 atom stereocenters. The predicted molar refractivity (Wildman–Crippen MR) is 45.7 cm³/mol. The van der Waals surface area contributed by atoms with Crippen molar-refractivity contribution in [3.8, 4) is 0 Å². The largest absolute Gasteiger partial charge is 0.385 e. The van der Waals surface area contributed by atoms with E-state index in [0.29, 0.717) is 6.79 Å². The van der Waals surface area contributed by atoms with Gasteiger partial charge in [-0.2, -0.15) is 0 Å². The molecule has 0 aliphatic heterocycles. The first-order valence-corrected chi connectivity index (χ1v) is 3.89. The molecule has 0 spiro atoms. The van der Waals surface area contributed by atoms with Crippen molar-refractivity contribution in [1.82, 2.24) is 0 Å². The lowest BCUT2D eigenvalue weighted by atomic mass is 10.5. The quantitative estimate of drug-likeness (QED) is 0.457. The summed E-state index contributed by atoms with van der Waals surface area (Å²) in [7, 11) is 3.32. The van der Waals surface area contributed by atoms with E-state index in [4.69, 9.17) is 9.47 Å². The Hall–Kier alpha value is -0.120. The molecular formula is C8H20O3. The molecule has 3 heteroatoms. The Kier molecular flexibility index (Phi) is 20.2. The molecule has 0 amide bonds. The van der Waals surface area contributed by atoms with Gasteiger partial charge in [-0.3, -0.25) is 0 Å². The molecule has 70 valence electrons. The summed E-state index contributed by atoms with van der Waals surface area (Å²) in [5.74, 6) is 0. The normalized spacial score (nSPS) is 8.73. The first kappa shape index (κ1) is 13.5. The SMILES string of the molecule is CCCOC.CCOCOC. The predicted octanol–water partition coefficient (Wildman–Crippen LogP) is 1.67. The third-order valence-corrected chi connectivity index (χ3v) is 0.814. The standard InChI is InChI=1S/C4H10O2.C4H10O/c1-3-6-4-5-2;1-3-4-5-2/h3-4H2,1-2H3;3-4H2,1-2H3. The Morgan fingerprint density at radius 1 is 1.00 bits per heavy atom. The molecule has 0 heterocycles. The zero-order valence-electron chi connectivity index (χ0n) is 8.05. The van der Waals surface area contributed by atoms with Crippen LogP contribution in [0.2, 0.25) is 0 Å². The molecule has 0 aliphatic rings. The van der Waals surface area contributed by atoms with Crippen LogP contribution in [0.3, 0.4) is 0 Å². The Morgan fingerprint density at radius 2 is 1.64 bits per heavy atom. The van der Waals surface area contributed by atoms with Gasteiger partial charge in [-0.25, -0.2) is 0 Å². The minimum atomic E-state index is 0.413. The zero-order chi connectivity index (χ0) is 8.95. The van der Waals surface area contributed by atoms with E-state index in [2.05, 4.69) is 11.7 Å². The Bertz CT molecular complexity index is 42.6. The van der Waals surface area contributed by atoms with Gasteiger partial charge >= 0.3 is 0 Å². The average molecular weight is 164 g/mol. The maximum atomic E-state index is 4.76. The van der Waals surface area contributed by atoms with E-state index in [1.807, 2.05) is 6.92 Å². The highest BCUT2D eigenvalue weighted by molar-refractivity contribution is 4.15. The topological polar surface area (TPSA) is 27.7 Å². The van der Waals surface area contributed by atoms with Crippen LogP contribution in [0, 0.1) is 0 Å². The average Bonchev–Trinajstić information content (AvgIpc) is 2.04. The van der Waals surface area contributed by atoms with E-state index in [1.54, 1.807) is 14.2 Å². The molecule has 0 radical (unpaired) electrons. The third-order valence-electron chi connectivity index (χ3n) is 0.814. The smallest absolute Gasteiger partial charge is 0.146 e. The Morgan fingerprint density at radius 3 is 1.73 bits per heavy atom. The lowest BCUT2D eigenvalue weighted by molar-refractivity contribution is -0.0250. The van der Waals surface area contributed by atoms with Crippen LogP contribution in [0.15, 0.2) is 0 Å².